The van der Waals surface area contributed by atoms with Crippen molar-refractivity contribution in [1.82, 2.24) is 9.88 Å². The van der Waals surface area contributed by atoms with E-state index in [1.165, 1.54) is 24.3 Å². The maximum atomic E-state index is 13.4. The minimum absolute atomic E-state index is 0.0400. The van der Waals surface area contributed by atoms with E-state index in [4.69, 9.17) is 19.2 Å². The number of nitrogens with zero attached hydrogens (tertiary/aromatic N) is 3. The molecule has 0 spiro atoms. The van der Waals surface area contributed by atoms with Gasteiger partial charge >= 0.3 is 0 Å². The number of amides is 1. The van der Waals surface area contributed by atoms with E-state index >= 15 is 0 Å². The van der Waals surface area contributed by atoms with Gasteiger partial charge in [-0.1, -0.05) is 0 Å². The molecule has 1 atom stereocenters. The molecule has 1 saturated heterocycles. The number of halogens is 1. The standard InChI is InChI=1S/C28H30FN3O5/c1-31(2)28-20(12-19-13-25-26(37-17-36-25)14-23(19)30-28)15-32(16-22-4-3-11-35-22)27(34)10-9-24(33)18-5-7-21(29)8-6-18/h5-8,12-14,22H,3-4,9-11,15-17H2,1-2H3/t22-/m0/s1. The summed E-state index contributed by atoms with van der Waals surface area (Å²) in [6.45, 7) is 1.63. The van der Waals surface area contributed by atoms with Gasteiger partial charge in [-0.25, -0.2) is 9.37 Å². The minimum Gasteiger partial charge on any atom is -0.454 e. The van der Waals surface area contributed by atoms with Crippen molar-refractivity contribution in [2.75, 3.05) is 38.9 Å². The summed E-state index contributed by atoms with van der Waals surface area (Å²) >= 11 is 0. The van der Waals surface area contributed by atoms with Crippen molar-refractivity contribution in [3.63, 3.8) is 0 Å². The molecule has 0 bridgehead atoms. The Morgan fingerprint density at radius 2 is 1.81 bits per heavy atom. The van der Waals surface area contributed by atoms with Crippen molar-refractivity contribution in [3.8, 4) is 11.5 Å². The van der Waals surface area contributed by atoms with E-state index < -0.39 is 5.82 Å². The lowest BCUT2D eigenvalue weighted by molar-refractivity contribution is -0.133. The zero-order chi connectivity index (χ0) is 25.9. The molecular formula is C28H30FN3O5. The fourth-order valence-corrected chi connectivity index (χ4v) is 4.75. The van der Waals surface area contributed by atoms with Crippen molar-refractivity contribution in [1.29, 1.82) is 0 Å². The number of pyridine rings is 1. The highest BCUT2D eigenvalue weighted by Gasteiger charge is 2.25. The van der Waals surface area contributed by atoms with Crippen molar-refractivity contribution in [2.24, 2.45) is 0 Å². The van der Waals surface area contributed by atoms with Crippen LogP contribution in [0, 0.1) is 5.82 Å². The van der Waals surface area contributed by atoms with Crippen LogP contribution in [-0.2, 0) is 16.1 Å². The number of rotatable bonds is 9. The second kappa shape index (κ2) is 10.7. The van der Waals surface area contributed by atoms with Gasteiger partial charge in [-0.3, -0.25) is 9.59 Å². The van der Waals surface area contributed by atoms with Crippen molar-refractivity contribution in [2.45, 2.75) is 38.3 Å². The third-order valence-electron chi connectivity index (χ3n) is 6.68. The normalized spacial score (nSPS) is 16.2. The summed E-state index contributed by atoms with van der Waals surface area (Å²) in [7, 11) is 3.83. The van der Waals surface area contributed by atoms with Crippen LogP contribution in [0.25, 0.3) is 10.9 Å². The smallest absolute Gasteiger partial charge is 0.231 e. The van der Waals surface area contributed by atoms with Crippen molar-refractivity contribution < 1.29 is 28.2 Å². The summed E-state index contributed by atoms with van der Waals surface area (Å²) in [6.07, 6.45) is 1.91. The van der Waals surface area contributed by atoms with E-state index in [1.54, 1.807) is 4.90 Å². The lowest BCUT2D eigenvalue weighted by atomic mass is 10.1. The molecule has 0 unspecified atom stereocenters. The molecule has 194 valence electrons. The highest BCUT2D eigenvalue weighted by molar-refractivity contribution is 5.98. The first-order valence-electron chi connectivity index (χ1n) is 12.5. The van der Waals surface area contributed by atoms with Crippen LogP contribution in [-0.4, -0.2) is 61.7 Å². The van der Waals surface area contributed by atoms with E-state index in [0.29, 0.717) is 36.8 Å². The molecule has 2 aliphatic rings. The van der Waals surface area contributed by atoms with Crippen LogP contribution in [0.15, 0.2) is 42.5 Å². The molecule has 9 heteroatoms. The van der Waals surface area contributed by atoms with Gasteiger partial charge in [0.2, 0.25) is 12.7 Å². The zero-order valence-corrected chi connectivity index (χ0v) is 21.0. The molecule has 3 heterocycles. The molecule has 0 aliphatic carbocycles. The quantitative estimate of drug-likeness (QED) is 0.399. The monoisotopic (exact) mass is 507 g/mol. The van der Waals surface area contributed by atoms with Crippen molar-refractivity contribution in [3.05, 3.63) is 59.4 Å². The fraction of sp³-hybridized carbons (Fsp3) is 0.393. The summed E-state index contributed by atoms with van der Waals surface area (Å²) in [6, 6.07) is 11.2. The molecule has 1 aromatic heterocycles. The van der Waals surface area contributed by atoms with Crippen LogP contribution < -0.4 is 14.4 Å². The van der Waals surface area contributed by atoms with Crippen LogP contribution in [0.3, 0.4) is 0 Å². The Morgan fingerprint density at radius 3 is 2.51 bits per heavy atom. The third kappa shape index (κ3) is 5.67. The average molecular weight is 508 g/mol. The van der Waals surface area contributed by atoms with Crippen LogP contribution in [0.1, 0.15) is 41.6 Å². The molecule has 0 saturated carbocycles. The van der Waals surface area contributed by atoms with Gasteiger partial charge in [-0.05, 0) is 49.2 Å². The number of benzene rings is 2. The number of aromatic nitrogens is 1. The first-order valence-corrected chi connectivity index (χ1v) is 12.5. The molecule has 2 aliphatic heterocycles. The van der Waals surface area contributed by atoms with Gasteiger partial charge < -0.3 is 24.0 Å². The summed E-state index contributed by atoms with van der Waals surface area (Å²) in [5.41, 5.74) is 2.05. The van der Waals surface area contributed by atoms with E-state index in [1.807, 2.05) is 37.2 Å². The Hall–Kier alpha value is -3.72. The number of ether oxygens (including phenoxy) is 3. The lowest BCUT2D eigenvalue weighted by Crippen LogP contribution is -2.37. The van der Waals surface area contributed by atoms with Crippen LogP contribution in [0.4, 0.5) is 10.2 Å². The second-order valence-electron chi connectivity index (χ2n) is 9.60. The van der Waals surface area contributed by atoms with Crippen LogP contribution in [0.5, 0.6) is 11.5 Å². The van der Waals surface area contributed by atoms with Gasteiger partial charge in [0.25, 0.3) is 0 Å². The number of Topliss-reactive ketones (excluding diaryl/α,β-unsaturated/α-hetero) is 1. The maximum absolute atomic E-state index is 13.4. The summed E-state index contributed by atoms with van der Waals surface area (Å²) in [5.74, 6) is 1.35. The van der Waals surface area contributed by atoms with E-state index in [2.05, 4.69) is 0 Å². The van der Waals surface area contributed by atoms with Gasteiger partial charge in [0, 0.05) is 69.2 Å². The number of fused-ring (bicyclic) bond motifs is 2. The summed E-state index contributed by atoms with van der Waals surface area (Å²) in [4.78, 5) is 34.6. The van der Waals surface area contributed by atoms with Gasteiger partial charge in [-0.15, -0.1) is 0 Å². The Morgan fingerprint density at radius 1 is 1.05 bits per heavy atom. The van der Waals surface area contributed by atoms with Crippen LogP contribution >= 0.6 is 0 Å². The predicted octanol–water partition coefficient (Wildman–Crippen LogP) is 4.34. The highest BCUT2D eigenvalue weighted by atomic mass is 19.1. The van der Waals surface area contributed by atoms with E-state index in [-0.39, 0.29) is 37.4 Å². The summed E-state index contributed by atoms with van der Waals surface area (Å²) < 4.78 is 30.1. The third-order valence-corrected chi connectivity index (χ3v) is 6.68. The number of hydrogen-bond acceptors (Lipinski definition) is 7. The SMILES string of the molecule is CN(C)c1nc2cc3c(cc2cc1CN(C[C@@H]1CCCO1)C(=O)CCC(=O)c1ccc(F)cc1)OCO3. The zero-order valence-electron chi connectivity index (χ0n) is 21.0. The molecular weight excluding hydrogens is 477 g/mol. The maximum Gasteiger partial charge on any atom is 0.231 e. The number of ketones is 1. The molecule has 0 N–H and O–H groups in total. The molecule has 37 heavy (non-hydrogen) atoms. The largest absolute Gasteiger partial charge is 0.454 e. The van der Waals surface area contributed by atoms with Gasteiger partial charge in [0.1, 0.15) is 11.6 Å². The van der Waals surface area contributed by atoms with E-state index in [0.717, 1.165) is 35.1 Å². The molecule has 1 fully saturated rings. The number of hydrogen-bond donors (Lipinski definition) is 0. The van der Waals surface area contributed by atoms with Gasteiger partial charge in [0.05, 0.1) is 11.6 Å². The Kier molecular flexibility index (Phi) is 7.23. The van der Waals surface area contributed by atoms with Crippen LogP contribution in [0.2, 0.25) is 0 Å². The average Bonchev–Trinajstić information content (AvgIpc) is 3.57. The number of carbonyl (C=O) groups excluding carboxylic acids is 2. The van der Waals surface area contributed by atoms with Crippen molar-refractivity contribution >= 4 is 28.4 Å². The molecule has 8 nitrogen and oxygen atoms in total. The molecule has 3 aromatic rings. The molecule has 0 radical (unpaired) electrons. The van der Waals surface area contributed by atoms with Gasteiger partial charge in [0.15, 0.2) is 17.3 Å². The molecule has 2 aromatic carbocycles. The van der Waals surface area contributed by atoms with E-state index in [9.17, 15) is 14.0 Å². The topological polar surface area (TPSA) is 81.2 Å². The Bertz CT molecular complexity index is 1310. The number of anilines is 1. The highest BCUT2D eigenvalue weighted by Crippen LogP contribution is 2.37. The Balaban J connectivity index is 1.38. The first kappa shape index (κ1) is 25.0. The predicted molar refractivity (Wildman–Crippen MR) is 137 cm³/mol. The summed E-state index contributed by atoms with van der Waals surface area (Å²) in [5, 5.41) is 0.890. The lowest BCUT2D eigenvalue weighted by Gasteiger charge is -2.27. The number of carbonyl (C=O) groups is 2. The van der Waals surface area contributed by atoms with Gasteiger partial charge in [-0.2, -0.15) is 0 Å². The Labute approximate surface area is 214 Å². The first-order chi connectivity index (χ1) is 17.9. The minimum atomic E-state index is -0.403. The molecule has 1 amide bonds. The second-order valence-corrected chi connectivity index (χ2v) is 9.60. The fourth-order valence-electron chi connectivity index (χ4n) is 4.75. The molecule has 5 rings (SSSR count).